The number of fused-ring (bicyclic) bond motifs is 5. The summed E-state index contributed by atoms with van der Waals surface area (Å²) in [4.78, 5) is 52.6. The molecule has 2 fully saturated rings. The van der Waals surface area contributed by atoms with Crippen LogP contribution in [0, 0.1) is 30.6 Å². The fourth-order valence-corrected chi connectivity index (χ4v) is 5.21. The van der Waals surface area contributed by atoms with E-state index < -0.39 is 12.1 Å². The van der Waals surface area contributed by atoms with E-state index in [1.165, 1.54) is 25.1 Å². The van der Waals surface area contributed by atoms with Crippen LogP contribution in [0.3, 0.4) is 0 Å². The molecule has 0 radical (unpaired) electrons. The molecule has 5 atom stereocenters. The minimum atomic E-state index is -1.08. The van der Waals surface area contributed by atoms with Crippen LogP contribution in [0.15, 0.2) is 54.6 Å². The van der Waals surface area contributed by atoms with Crippen molar-refractivity contribution >= 4 is 29.3 Å². The lowest BCUT2D eigenvalue weighted by molar-refractivity contribution is -0.123. The highest BCUT2D eigenvalue weighted by atomic mass is 16.5. The van der Waals surface area contributed by atoms with E-state index in [-0.39, 0.29) is 58.3 Å². The van der Waals surface area contributed by atoms with Crippen LogP contribution in [0.25, 0.3) is 0 Å². The molecule has 0 aromatic heterocycles. The maximum Gasteiger partial charge on any atom is 0.342 e. The molecule has 0 unspecified atom stereocenters. The van der Waals surface area contributed by atoms with E-state index in [4.69, 9.17) is 4.74 Å². The topological polar surface area (TPSA) is 101 Å². The second kappa shape index (κ2) is 7.69. The zero-order valence-electron chi connectivity index (χ0n) is 18.2. The standard InChI is InChI=1S/C26H23NO6/c1-13-3-5-15(6-4-13)23(29)14(2)33-26(32)19-12-18(9-10-20(19)28)27-24(30)21-16-7-8-17(11-16)22(21)25(27)31/h3-10,12,14,16-17,21-22,28H,11H2,1-2H3/t14-,16-,17-,21-,22+/m0/s1. The molecule has 2 aromatic carbocycles. The summed E-state index contributed by atoms with van der Waals surface area (Å²) in [6, 6.07) is 10.8. The lowest BCUT2D eigenvalue weighted by Gasteiger charge is -2.19. The number of imide groups is 1. The van der Waals surface area contributed by atoms with E-state index in [0.29, 0.717) is 5.56 Å². The van der Waals surface area contributed by atoms with Crippen LogP contribution in [0.5, 0.6) is 5.75 Å². The Bertz CT molecular complexity index is 1180. The Labute approximate surface area is 190 Å². The molecule has 168 valence electrons. The number of amides is 2. The fourth-order valence-electron chi connectivity index (χ4n) is 5.21. The van der Waals surface area contributed by atoms with Crippen LogP contribution in [-0.2, 0) is 14.3 Å². The third-order valence-electron chi connectivity index (χ3n) is 6.92. The third kappa shape index (κ3) is 3.35. The Morgan fingerprint density at radius 2 is 1.61 bits per heavy atom. The Morgan fingerprint density at radius 1 is 1.00 bits per heavy atom. The number of aromatic hydroxyl groups is 1. The number of hydrogen-bond donors (Lipinski definition) is 1. The molecular formula is C26H23NO6. The van der Waals surface area contributed by atoms with Gasteiger partial charge in [0.25, 0.3) is 0 Å². The van der Waals surface area contributed by atoms with Crippen molar-refractivity contribution in [2.75, 3.05) is 4.90 Å². The summed E-state index contributed by atoms with van der Waals surface area (Å²) in [6.07, 6.45) is 3.75. The molecule has 7 heteroatoms. The number of phenolic OH excluding ortho intramolecular Hbond substituents is 1. The van der Waals surface area contributed by atoms with Crippen LogP contribution in [-0.4, -0.2) is 34.8 Å². The van der Waals surface area contributed by atoms with Crippen molar-refractivity contribution in [3.8, 4) is 5.75 Å². The van der Waals surface area contributed by atoms with Crippen molar-refractivity contribution in [3.05, 3.63) is 71.3 Å². The van der Waals surface area contributed by atoms with E-state index in [1.807, 2.05) is 19.1 Å². The number of benzene rings is 2. The molecule has 1 heterocycles. The van der Waals surface area contributed by atoms with Crippen molar-refractivity contribution in [2.45, 2.75) is 26.4 Å². The first kappa shape index (κ1) is 21.1. The molecule has 2 bridgehead atoms. The number of ketones is 1. The van der Waals surface area contributed by atoms with Crippen LogP contribution in [0.1, 0.15) is 39.6 Å². The summed E-state index contributed by atoms with van der Waals surface area (Å²) in [5.74, 6) is -2.83. The van der Waals surface area contributed by atoms with Gasteiger partial charge in [-0.1, -0.05) is 42.0 Å². The lowest BCUT2D eigenvalue weighted by Crippen LogP contribution is -2.33. The molecule has 0 spiro atoms. The zero-order valence-corrected chi connectivity index (χ0v) is 18.2. The van der Waals surface area contributed by atoms with Gasteiger partial charge in [-0.2, -0.15) is 0 Å². The number of esters is 1. The third-order valence-corrected chi connectivity index (χ3v) is 6.92. The molecule has 1 saturated carbocycles. The first-order valence-electron chi connectivity index (χ1n) is 11.0. The minimum absolute atomic E-state index is 0.0663. The average molecular weight is 445 g/mol. The van der Waals surface area contributed by atoms with Gasteiger partial charge in [0.05, 0.1) is 17.5 Å². The van der Waals surface area contributed by atoms with Gasteiger partial charge in [-0.05, 0) is 50.3 Å². The number of carbonyl (C=O) groups is 4. The highest BCUT2D eigenvalue weighted by Gasteiger charge is 2.59. The predicted molar refractivity (Wildman–Crippen MR) is 119 cm³/mol. The largest absolute Gasteiger partial charge is 0.507 e. The van der Waals surface area contributed by atoms with Gasteiger partial charge in [0.2, 0.25) is 17.6 Å². The molecule has 2 amide bonds. The maximum atomic E-state index is 13.0. The van der Waals surface area contributed by atoms with Crippen molar-refractivity contribution in [1.82, 2.24) is 0 Å². The van der Waals surface area contributed by atoms with Gasteiger partial charge in [0, 0.05) is 5.56 Å². The molecular weight excluding hydrogens is 422 g/mol. The van der Waals surface area contributed by atoms with E-state index in [0.717, 1.165) is 16.9 Å². The summed E-state index contributed by atoms with van der Waals surface area (Å²) >= 11 is 0. The summed E-state index contributed by atoms with van der Waals surface area (Å²) in [6.45, 7) is 3.36. The normalized spacial score (nSPS) is 25.9. The molecule has 3 aliphatic rings. The second-order valence-corrected chi connectivity index (χ2v) is 8.99. The van der Waals surface area contributed by atoms with E-state index in [1.54, 1.807) is 24.3 Å². The predicted octanol–water partition coefficient (Wildman–Crippen LogP) is 3.44. The number of hydrogen-bond acceptors (Lipinski definition) is 6. The number of allylic oxidation sites excluding steroid dienone is 2. The molecule has 1 aliphatic heterocycles. The SMILES string of the molecule is Cc1ccc(C(=O)[C@H](C)OC(=O)c2cc(N3C(=O)[C@@H]4[C@H](C3=O)[C@H]3C=C[C@H]4C3)ccc2O)cc1. The molecule has 7 nitrogen and oxygen atoms in total. The number of carbonyl (C=O) groups excluding carboxylic acids is 4. The van der Waals surface area contributed by atoms with E-state index in [2.05, 4.69) is 0 Å². The number of ether oxygens (including phenoxy) is 1. The number of anilines is 1. The lowest BCUT2D eigenvalue weighted by atomic mass is 9.85. The van der Waals surface area contributed by atoms with Crippen LogP contribution in [0.4, 0.5) is 5.69 Å². The maximum absolute atomic E-state index is 13.0. The molecule has 2 aliphatic carbocycles. The number of aryl methyl sites for hydroxylation is 1. The van der Waals surface area contributed by atoms with Gasteiger partial charge in [0.1, 0.15) is 11.3 Å². The average Bonchev–Trinajstić information content (AvgIpc) is 3.48. The summed E-state index contributed by atoms with van der Waals surface area (Å²) < 4.78 is 5.31. The Kier molecular flexibility index (Phi) is 4.92. The van der Waals surface area contributed by atoms with Gasteiger partial charge < -0.3 is 9.84 Å². The van der Waals surface area contributed by atoms with Crippen molar-refractivity contribution in [2.24, 2.45) is 23.7 Å². The molecule has 33 heavy (non-hydrogen) atoms. The van der Waals surface area contributed by atoms with E-state index in [9.17, 15) is 24.3 Å². The highest BCUT2D eigenvalue weighted by molar-refractivity contribution is 6.23. The van der Waals surface area contributed by atoms with Gasteiger partial charge in [-0.25, -0.2) is 9.69 Å². The number of rotatable bonds is 5. The summed E-state index contributed by atoms with van der Waals surface area (Å²) in [7, 11) is 0. The number of nitrogens with zero attached hydrogens (tertiary/aromatic N) is 1. The Hall–Kier alpha value is -3.74. The van der Waals surface area contributed by atoms with Crippen molar-refractivity contribution in [3.63, 3.8) is 0 Å². The molecule has 2 aromatic rings. The zero-order chi connectivity index (χ0) is 23.4. The quantitative estimate of drug-likeness (QED) is 0.328. The first-order chi connectivity index (χ1) is 15.8. The minimum Gasteiger partial charge on any atom is -0.507 e. The van der Waals surface area contributed by atoms with Crippen LogP contribution in [0.2, 0.25) is 0 Å². The van der Waals surface area contributed by atoms with Gasteiger partial charge >= 0.3 is 5.97 Å². The van der Waals surface area contributed by atoms with Gasteiger partial charge in [-0.3, -0.25) is 14.4 Å². The number of Topliss-reactive ketones (excluding diaryl/α,β-unsaturated/α-hetero) is 1. The van der Waals surface area contributed by atoms with Crippen molar-refractivity contribution in [1.29, 1.82) is 0 Å². The fraction of sp³-hybridized carbons (Fsp3) is 0.308. The molecule has 5 rings (SSSR count). The van der Waals surface area contributed by atoms with Gasteiger partial charge in [0.15, 0.2) is 6.10 Å². The van der Waals surface area contributed by atoms with Crippen LogP contribution < -0.4 is 4.90 Å². The smallest absolute Gasteiger partial charge is 0.342 e. The highest BCUT2D eigenvalue weighted by Crippen LogP contribution is 2.53. The Balaban J connectivity index is 1.36. The van der Waals surface area contributed by atoms with Crippen LogP contribution >= 0.6 is 0 Å². The number of phenols is 1. The summed E-state index contributed by atoms with van der Waals surface area (Å²) in [5, 5.41) is 10.3. The molecule has 1 N–H and O–H groups in total. The molecule has 1 saturated heterocycles. The Morgan fingerprint density at radius 3 is 2.21 bits per heavy atom. The monoisotopic (exact) mass is 445 g/mol. The van der Waals surface area contributed by atoms with Crippen molar-refractivity contribution < 1.29 is 29.0 Å². The van der Waals surface area contributed by atoms with Gasteiger partial charge in [-0.15, -0.1) is 0 Å². The van der Waals surface area contributed by atoms with E-state index >= 15 is 0 Å². The summed E-state index contributed by atoms with van der Waals surface area (Å²) in [5.41, 5.74) is 1.40. The first-order valence-corrected chi connectivity index (χ1v) is 11.0. The second-order valence-electron chi connectivity index (χ2n) is 8.99.